The zero-order valence-corrected chi connectivity index (χ0v) is 21.0. The van der Waals surface area contributed by atoms with E-state index in [4.69, 9.17) is 23.2 Å². The lowest BCUT2D eigenvalue weighted by atomic mass is 10.1. The van der Waals surface area contributed by atoms with Gasteiger partial charge in [0.15, 0.2) is 0 Å². The third kappa shape index (κ3) is 8.06. The van der Waals surface area contributed by atoms with Gasteiger partial charge in [-0.25, -0.2) is 0 Å². The molecule has 0 fully saturated rings. The van der Waals surface area contributed by atoms with Crippen LogP contribution in [0.3, 0.4) is 0 Å². The Kier molecular flexibility index (Phi) is 9.28. The van der Waals surface area contributed by atoms with Gasteiger partial charge in [-0.15, -0.1) is 11.8 Å². The van der Waals surface area contributed by atoms with Crippen LogP contribution in [0.1, 0.15) is 44.4 Å². The molecule has 4 nitrogen and oxygen atoms in total. The molecule has 0 heterocycles. The minimum absolute atomic E-state index is 0.0788. The molecule has 0 aliphatic heterocycles. The molecule has 0 aliphatic rings. The Bertz CT molecular complexity index is 928. The third-order valence-corrected chi connectivity index (χ3v) is 6.47. The molecule has 1 atom stereocenters. The number of rotatable bonds is 8. The maximum absolute atomic E-state index is 13.2. The fraction of sp³-hybridized carbons (Fsp3) is 0.417. The van der Waals surface area contributed by atoms with Crippen LogP contribution in [0.2, 0.25) is 10.0 Å². The number of thioether (sulfide) groups is 1. The van der Waals surface area contributed by atoms with Crippen molar-refractivity contribution in [1.82, 2.24) is 10.2 Å². The van der Waals surface area contributed by atoms with Crippen LogP contribution in [0.5, 0.6) is 0 Å². The van der Waals surface area contributed by atoms with Crippen molar-refractivity contribution >= 4 is 46.8 Å². The van der Waals surface area contributed by atoms with Crippen molar-refractivity contribution < 1.29 is 9.59 Å². The summed E-state index contributed by atoms with van der Waals surface area (Å²) >= 11 is 13.5. The van der Waals surface area contributed by atoms with Gasteiger partial charge in [0.2, 0.25) is 11.8 Å². The lowest BCUT2D eigenvalue weighted by Gasteiger charge is -2.31. The van der Waals surface area contributed by atoms with Crippen molar-refractivity contribution in [1.29, 1.82) is 0 Å². The fourth-order valence-electron chi connectivity index (χ4n) is 3.00. The molecule has 2 aromatic carbocycles. The predicted octanol–water partition coefficient (Wildman–Crippen LogP) is 5.87. The van der Waals surface area contributed by atoms with E-state index in [1.165, 1.54) is 11.8 Å². The molecule has 0 aromatic heterocycles. The Morgan fingerprint density at radius 2 is 1.77 bits per heavy atom. The molecule has 0 aliphatic carbocycles. The second-order valence-corrected chi connectivity index (χ2v) is 10.4. The van der Waals surface area contributed by atoms with Gasteiger partial charge in [0.1, 0.15) is 6.04 Å². The highest BCUT2D eigenvalue weighted by Gasteiger charge is 2.28. The van der Waals surface area contributed by atoms with Gasteiger partial charge in [0, 0.05) is 17.8 Å². The van der Waals surface area contributed by atoms with E-state index in [-0.39, 0.29) is 23.1 Å². The first-order valence-corrected chi connectivity index (χ1v) is 12.1. The van der Waals surface area contributed by atoms with Gasteiger partial charge in [0.25, 0.3) is 0 Å². The molecule has 168 valence electrons. The fourth-order valence-corrected chi connectivity index (χ4v) is 4.17. The molecule has 1 N–H and O–H groups in total. The van der Waals surface area contributed by atoms with E-state index in [2.05, 4.69) is 5.32 Å². The highest BCUT2D eigenvalue weighted by Crippen LogP contribution is 2.25. The molecule has 2 rings (SSSR count). The Morgan fingerprint density at radius 1 is 1.10 bits per heavy atom. The van der Waals surface area contributed by atoms with Crippen LogP contribution in [0, 0.1) is 6.92 Å². The number of hydrogen-bond donors (Lipinski definition) is 1. The van der Waals surface area contributed by atoms with Crippen molar-refractivity contribution in [3.8, 4) is 0 Å². The van der Waals surface area contributed by atoms with Crippen LogP contribution in [-0.4, -0.2) is 34.0 Å². The van der Waals surface area contributed by atoms with E-state index in [0.717, 1.165) is 16.7 Å². The first-order chi connectivity index (χ1) is 14.5. The predicted molar refractivity (Wildman–Crippen MR) is 132 cm³/mol. The zero-order chi connectivity index (χ0) is 23.2. The second kappa shape index (κ2) is 11.3. The molecule has 1 unspecified atom stereocenters. The third-order valence-electron chi connectivity index (χ3n) is 4.75. The number of carbonyl (C=O) groups is 2. The number of carbonyl (C=O) groups excluding carboxylic acids is 2. The Hall–Kier alpha value is -1.69. The largest absolute Gasteiger partial charge is 0.350 e. The number of nitrogens with one attached hydrogen (secondary N) is 1. The van der Waals surface area contributed by atoms with Crippen LogP contribution >= 0.6 is 35.0 Å². The van der Waals surface area contributed by atoms with Crippen LogP contribution in [-0.2, 0) is 21.9 Å². The number of amides is 2. The average Bonchev–Trinajstić information content (AvgIpc) is 2.68. The number of aryl methyl sites for hydroxylation is 1. The summed E-state index contributed by atoms with van der Waals surface area (Å²) in [5.41, 5.74) is 2.75. The number of hydrogen-bond acceptors (Lipinski definition) is 3. The Balaban J connectivity index is 2.12. The van der Waals surface area contributed by atoms with Crippen molar-refractivity contribution in [3.63, 3.8) is 0 Å². The summed E-state index contributed by atoms with van der Waals surface area (Å²) in [6, 6.07) is 12.8. The summed E-state index contributed by atoms with van der Waals surface area (Å²) in [4.78, 5) is 27.6. The highest BCUT2D eigenvalue weighted by molar-refractivity contribution is 7.99. The van der Waals surface area contributed by atoms with Gasteiger partial charge in [-0.3, -0.25) is 9.59 Å². The van der Waals surface area contributed by atoms with Crippen molar-refractivity contribution in [2.75, 3.05) is 5.75 Å². The molecule has 0 spiro atoms. The summed E-state index contributed by atoms with van der Waals surface area (Å²) < 4.78 is 0. The summed E-state index contributed by atoms with van der Waals surface area (Å²) in [6.07, 6.45) is 0. The normalized spacial score (nSPS) is 12.4. The number of nitrogens with zero attached hydrogens (tertiary/aromatic N) is 1. The van der Waals surface area contributed by atoms with Crippen LogP contribution in [0.15, 0.2) is 42.5 Å². The molecular weight excluding hydrogens is 451 g/mol. The molecule has 0 saturated heterocycles. The molecule has 0 radical (unpaired) electrons. The minimum Gasteiger partial charge on any atom is -0.350 e. The molecule has 0 bridgehead atoms. The lowest BCUT2D eigenvalue weighted by Crippen LogP contribution is -2.52. The van der Waals surface area contributed by atoms with E-state index < -0.39 is 6.04 Å². The molecule has 7 heteroatoms. The van der Waals surface area contributed by atoms with Crippen molar-refractivity contribution in [2.24, 2.45) is 0 Å². The van der Waals surface area contributed by atoms with Crippen LogP contribution < -0.4 is 5.32 Å². The zero-order valence-electron chi connectivity index (χ0n) is 18.7. The van der Waals surface area contributed by atoms with Gasteiger partial charge in [-0.1, -0.05) is 53.5 Å². The monoisotopic (exact) mass is 480 g/mol. The lowest BCUT2D eigenvalue weighted by molar-refractivity contribution is -0.139. The van der Waals surface area contributed by atoms with Crippen LogP contribution in [0.4, 0.5) is 0 Å². The topological polar surface area (TPSA) is 49.4 Å². The van der Waals surface area contributed by atoms with Gasteiger partial charge in [-0.05, 0) is 63.4 Å². The second-order valence-electron chi connectivity index (χ2n) is 8.60. The van der Waals surface area contributed by atoms with Crippen LogP contribution in [0.25, 0.3) is 0 Å². The minimum atomic E-state index is -0.586. The Labute approximate surface area is 199 Å². The molecule has 31 heavy (non-hydrogen) atoms. The molecule has 2 amide bonds. The quantitative estimate of drug-likeness (QED) is 0.513. The maximum Gasteiger partial charge on any atom is 0.242 e. The average molecular weight is 481 g/mol. The summed E-state index contributed by atoms with van der Waals surface area (Å²) in [6.45, 7) is 9.96. The number of halogens is 2. The van der Waals surface area contributed by atoms with Gasteiger partial charge in [-0.2, -0.15) is 0 Å². The standard InChI is InChI=1S/C24H30Cl2N2O2S/c1-16-8-6-7-9-19(16)13-28(17(2)23(30)27-24(3,4)5)22(29)15-31-14-18-10-11-20(25)21(26)12-18/h6-12,17H,13-15H2,1-5H3,(H,27,30). The van der Waals surface area contributed by atoms with E-state index in [1.807, 2.05) is 64.1 Å². The van der Waals surface area contributed by atoms with E-state index in [0.29, 0.717) is 22.3 Å². The van der Waals surface area contributed by atoms with Gasteiger partial charge >= 0.3 is 0 Å². The summed E-state index contributed by atoms with van der Waals surface area (Å²) in [5.74, 6) is 0.650. The van der Waals surface area contributed by atoms with E-state index >= 15 is 0 Å². The van der Waals surface area contributed by atoms with E-state index in [1.54, 1.807) is 17.9 Å². The maximum atomic E-state index is 13.2. The molecule has 2 aromatic rings. The molecule has 0 saturated carbocycles. The SMILES string of the molecule is Cc1ccccc1CN(C(=O)CSCc1ccc(Cl)c(Cl)c1)C(C)C(=O)NC(C)(C)C. The first-order valence-electron chi connectivity index (χ1n) is 10.2. The first kappa shape index (κ1) is 25.6. The van der Waals surface area contributed by atoms with Gasteiger partial charge in [0.05, 0.1) is 15.8 Å². The van der Waals surface area contributed by atoms with E-state index in [9.17, 15) is 9.59 Å². The molecular formula is C24H30Cl2N2O2S. The summed E-state index contributed by atoms with van der Waals surface area (Å²) in [5, 5.41) is 3.99. The van der Waals surface area contributed by atoms with Crippen molar-refractivity contribution in [3.05, 3.63) is 69.2 Å². The van der Waals surface area contributed by atoms with Crippen molar-refractivity contribution in [2.45, 2.75) is 58.5 Å². The Morgan fingerprint density at radius 3 is 2.39 bits per heavy atom. The smallest absolute Gasteiger partial charge is 0.242 e. The number of benzene rings is 2. The van der Waals surface area contributed by atoms with Gasteiger partial charge < -0.3 is 10.2 Å². The summed E-state index contributed by atoms with van der Waals surface area (Å²) in [7, 11) is 0. The highest BCUT2D eigenvalue weighted by atomic mass is 35.5.